The molecule has 1 amide bonds. The van der Waals surface area contributed by atoms with Gasteiger partial charge >= 0.3 is 5.69 Å². The molecule has 0 fully saturated rings. The summed E-state index contributed by atoms with van der Waals surface area (Å²) in [5, 5.41) is 13.4. The molecule has 4 N–H and O–H groups in total. The maximum atomic E-state index is 11.8. The van der Waals surface area contributed by atoms with Crippen LogP contribution in [0.15, 0.2) is 17.1 Å². The quantitative estimate of drug-likeness (QED) is 0.497. The highest BCUT2D eigenvalue weighted by atomic mass is 16.4. The number of carbonyl (C=O) groups is 2. The number of nitrogens with one attached hydrogen (secondary N) is 2. The highest BCUT2D eigenvalue weighted by molar-refractivity contribution is 5.82. The molecule has 2 unspecified atom stereocenters. The Bertz CT molecular complexity index is 570. The summed E-state index contributed by atoms with van der Waals surface area (Å²) in [4.78, 5) is 36.7. The topological polar surface area (TPSA) is 132 Å². The fourth-order valence-electron chi connectivity index (χ4n) is 1.79. The lowest BCUT2D eigenvalue weighted by Crippen LogP contribution is -2.54. The van der Waals surface area contributed by atoms with Crippen molar-refractivity contribution in [2.75, 3.05) is 5.73 Å². The number of hydrogen-bond donors (Lipinski definition) is 3. The summed E-state index contributed by atoms with van der Waals surface area (Å²) in [6.07, 6.45) is 2.05. The number of aromatic amines is 1. The van der Waals surface area contributed by atoms with Crippen molar-refractivity contribution in [3.05, 3.63) is 22.7 Å². The third-order valence-electron chi connectivity index (χ3n) is 3.31. The molecule has 2 atom stereocenters. The third kappa shape index (κ3) is 4.90. The van der Waals surface area contributed by atoms with Crippen LogP contribution in [0.3, 0.4) is 0 Å². The van der Waals surface area contributed by atoms with Crippen molar-refractivity contribution in [1.82, 2.24) is 10.3 Å². The number of amides is 1. The summed E-state index contributed by atoms with van der Waals surface area (Å²) in [6, 6.07) is 0.472. The third-order valence-corrected chi connectivity index (χ3v) is 3.31. The summed E-state index contributed by atoms with van der Waals surface area (Å²) in [5.41, 5.74) is 4.98. The van der Waals surface area contributed by atoms with Gasteiger partial charge in [0.2, 0.25) is 5.91 Å². The molecule has 0 aromatic carbocycles. The van der Waals surface area contributed by atoms with E-state index in [1.54, 1.807) is 6.92 Å². The van der Waals surface area contributed by atoms with Crippen molar-refractivity contribution in [2.24, 2.45) is 5.92 Å². The van der Waals surface area contributed by atoms with E-state index in [0.29, 0.717) is 6.42 Å². The number of nitrogen functional groups attached to an aromatic ring is 1. The van der Waals surface area contributed by atoms with E-state index in [2.05, 4.69) is 10.3 Å². The van der Waals surface area contributed by atoms with Crippen LogP contribution in [0.2, 0.25) is 0 Å². The number of nitrogens with two attached hydrogens (primary N) is 1. The number of anilines is 1. The number of aryl methyl sites for hydroxylation is 1. The fourth-order valence-corrected chi connectivity index (χ4v) is 1.79. The summed E-state index contributed by atoms with van der Waals surface area (Å²) in [7, 11) is 0. The lowest BCUT2D eigenvalue weighted by Gasteiger charge is -2.24. The molecule has 21 heavy (non-hydrogen) atoms. The predicted octanol–water partition coefficient (Wildman–Crippen LogP) is -2.08. The molecule has 8 heteroatoms. The number of carboxylic acids is 1. The Labute approximate surface area is 122 Å². The smallest absolute Gasteiger partial charge is 0.497 e. The van der Waals surface area contributed by atoms with Gasteiger partial charge in [0.1, 0.15) is 6.54 Å². The van der Waals surface area contributed by atoms with Gasteiger partial charge in [0.15, 0.2) is 5.82 Å². The van der Waals surface area contributed by atoms with Gasteiger partial charge < -0.3 is 21.0 Å². The number of aromatic nitrogens is 2. The van der Waals surface area contributed by atoms with E-state index in [1.807, 2.05) is 6.92 Å². The average Bonchev–Trinajstić information content (AvgIpc) is 2.42. The Kier molecular flexibility index (Phi) is 5.89. The molecule has 0 aliphatic rings. The molecule has 0 saturated carbocycles. The minimum absolute atomic E-state index is 0.0160. The molecule has 1 aromatic rings. The van der Waals surface area contributed by atoms with Gasteiger partial charge in [-0.1, -0.05) is 20.3 Å². The van der Waals surface area contributed by atoms with Crippen LogP contribution >= 0.6 is 0 Å². The van der Waals surface area contributed by atoms with Crippen molar-refractivity contribution in [2.45, 2.75) is 39.3 Å². The van der Waals surface area contributed by atoms with E-state index >= 15 is 0 Å². The van der Waals surface area contributed by atoms with E-state index < -0.39 is 23.6 Å². The summed E-state index contributed by atoms with van der Waals surface area (Å²) < 4.78 is 1.28. The zero-order chi connectivity index (χ0) is 16.0. The SMILES string of the molecule is CCC(C)C(NC(=O)CC[n+]1ccc(N)[nH]c1=O)C(=O)[O-]. The Morgan fingerprint density at radius 2 is 2.19 bits per heavy atom. The molecular weight excluding hydrogens is 276 g/mol. The second-order valence-electron chi connectivity index (χ2n) is 4.89. The van der Waals surface area contributed by atoms with Crippen molar-refractivity contribution >= 4 is 17.7 Å². The molecule has 0 saturated heterocycles. The van der Waals surface area contributed by atoms with Gasteiger partial charge in [-0.3, -0.25) is 4.79 Å². The second kappa shape index (κ2) is 7.41. The molecule has 1 heterocycles. The summed E-state index contributed by atoms with van der Waals surface area (Å²) in [5.74, 6) is -1.76. The molecule has 0 aliphatic heterocycles. The van der Waals surface area contributed by atoms with E-state index in [0.717, 1.165) is 0 Å². The van der Waals surface area contributed by atoms with Crippen LogP contribution in [0.4, 0.5) is 5.82 Å². The van der Waals surface area contributed by atoms with Gasteiger partial charge in [0.25, 0.3) is 0 Å². The minimum atomic E-state index is -1.31. The van der Waals surface area contributed by atoms with Crippen LogP contribution in [0, 0.1) is 5.92 Å². The van der Waals surface area contributed by atoms with E-state index in [4.69, 9.17) is 5.73 Å². The molecule has 1 aromatic heterocycles. The lowest BCUT2D eigenvalue weighted by atomic mass is 9.99. The molecule has 0 aliphatic carbocycles. The van der Waals surface area contributed by atoms with E-state index in [-0.39, 0.29) is 24.7 Å². The molecular formula is C13H20N4O4. The molecule has 8 nitrogen and oxygen atoms in total. The highest BCUT2D eigenvalue weighted by Gasteiger charge is 2.19. The van der Waals surface area contributed by atoms with Gasteiger partial charge in [-0.25, -0.2) is 0 Å². The summed E-state index contributed by atoms with van der Waals surface area (Å²) in [6.45, 7) is 3.68. The number of hydrogen-bond acceptors (Lipinski definition) is 5. The largest absolute Gasteiger partial charge is 0.548 e. The zero-order valence-electron chi connectivity index (χ0n) is 12.1. The first-order valence-corrected chi connectivity index (χ1v) is 6.73. The molecule has 116 valence electrons. The predicted molar refractivity (Wildman–Crippen MR) is 72.7 cm³/mol. The van der Waals surface area contributed by atoms with Crippen LogP contribution in [-0.2, 0) is 16.1 Å². The molecule has 0 bridgehead atoms. The van der Waals surface area contributed by atoms with Gasteiger partial charge in [-0.2, -0.15) is 14.3 Å². The Morgan fingerprint density at radius 1 is 1.52 bits per heavy atom. The second-order valence-corrected chi connectivity index (χ2v) is 4.89. The average molecular weight is 296 g/mol. The number of rotatable bonds is 7. The van der Waals surface area contributed by atoms with Crippen molar-refractivity contribution in [3.8, 4) is 0 Å². The van der Waals surface area contributed by atoms with Crippen molar-refractivity contribution < 1.29 is 19.3 Å². The first kappa shape index (κ1) is 16.7. The minimum Gasteiger partial charge on any atom is -0.548 e. The van der Waals surface area contributed by atoms with Gasteiger partial charge in [0.05, 0.1) is 24.6 Å². The summed E-state index contributed by atoms with van der Waals surface area (Å²) >= 11 is 0. The highest BCUT2D eigenvalue weighted by Crippen LogP contribution is 2.07. The van der Waals surface area contributed by atoms with Crippen molar-refractivity contribution in [3.63, 3.8) is 0 Å². The normalized spacial score (nSPS) is 13.4. The van der Waals surface area contributed by atoms with Crippen LogP contribution in [0.5, 0.6) is 0 Å². The Morgan fingerprint density at radius 3 is 2.71 bits per heavy atom. The van der Waals surface area contributed by atoms with Gasteiger partial charge in [0, 0.05) is 6.07 Å². The number of carboxylic acid groups (broad SMARTS) is 1. The standard InChI is InChI=1S/C13H20N4O4/c1-3-8(2)11(12(19)20)16-10(18)5-7-17-6-4-9(14)15-13(17)21/h4,6,8,11H,3,5,7H2,1-2H3,(H4,14,15,16,18,19,20,21). The lowest BCUT2D eigenvalue weighted by molar-refractivity contribution is -0.712. The number of aliphatic carboxylic acids is 1. The Hall–Kier alpha value is -2.38. The maximum absolute atomic E-state index is 11.8. The number of nitrogens with zero attached hydrogens (tertiary/aromatic N) is 1. The van der Waals surface area contributed by atoms with Crippen LogP contribution in [0.25, 0.3) is 0 Å². The first-order valence-electron chi connectivity index (χ1n) is 6.73. The van der Waals surface area contributed by atoms with Crippen molar-refractivity contribution in [1.29, 1.82) is 0 Å². The number of carbonyl (C=O) groups excluding carboxylic acids is 2. The number of H-pyrrole nitrogens is 1. The van der Waals surface area contributed by atoms with Crippen LogP contribution in [0.1, 0.15) is 26.7 Å². The maximum Gasteiger partial charge on any atom is 0.497 e. The molecule has 0 spiro atoms. The van der Waals surface area contributed by atoms with Crippen LogP contribution in [-0.4, -0.2) is 22.9 Å². The fraction of sp³-hybridized carbons (Fsp3) is 0.538. The molecule has 1 rings (SSSR count). The van der Waals surface area contributed by atoms with E-state index in [1.165, 1.54) is 16.8 Å². The zero-order valence-corrected chi connectivity index (χ0v) is 12.1. The monoisotopic (exact) mass is 296 g/mol. The van der Waals surface area contributed by atoms with Gasteiger partial charge in [-0.05, 0) is 5.92 Å². The van der Waals surface area contributed by atoms with Gasteiger partial charge in [-0.15, -0.1) is 0 Å². The van der Waals surface area contributed by atoms with E-state index in [9.17, 15) is 19.5 Å². The Balaban J connectivity index is 2.61. The first-order chi connectivity index (χ1) is 9.85. The van der Waals surface area contributed by atoms with Crippen LogP contribution < -0.4 is 26.4 Å². The molecule has 0 radical (unpaired) electrons.